The molecule has 114 valence electrons. The lowest BCUT2D eigenvalue weighted by molar-refractivity contribution is -0.141. The number of benzene rings is 1. The van der Waals surface area contributed by atoms with Crippen molar-refractivity contribution >= 4 is 0 Å². The van der Waals surface area contributed by atoms with Crippen LogP contribution in [0.1, 0.15) is 25.8 Å². The van der Waals surface area contributed by atoms with E-state index in [2.05, 4.69) is 11.8 Å². The lowest BCUT2D eigenvalue weighted by Crippen LogP contribution is -2.25. The zero-order valence-electron chi connectivity index (χ0n) is 12.5. The van der Waals surface area contributed by atoms with Crippen LogP contribution in [0.5, 0.6) is 0 Å². The number of hydrogen-bond donors (Lipinski definition) is 1. The first kappa shape index (κ1) is 16.0. The average Bonchev–Trinajstić information content (AvgIpc) is 2.82. The van der Waals surface area contributed by atoms with Crippen molar-refractivity contribution in [3.05, 3.63) is 35.9 Å². The maximum Gasteiger partial charge on any atom is 0.163 e. The summed E-state index contributed by atoms with van der Waals surface area (Å²) in [6.07, 6.45) is 0.317. The van der Waals surface area contributed by atoms with Crippen LogP contribution in [0, 0.1) is 11.8 Å². The molecule has 0 spiro atoms. The second-order valence-electron chi connectivity index (χ2n) is 5.45. The third-order valence-electron chi connectivity index (χ3n) is 3.18. The Labute approximate surface area is 126 Å². The van der Waals surface area contributed by atoms with Gasteiger partial charge in [0.15, 0.2) is 5.79 Å². The van der Waals surface area contributed by atoms with Gasteiger partial charge in [0.05, 0.1) is 19.3 Å². The van der Waals surface area contributed by atoms with Crippen molar-refractivity contribution in [2.24, 2.45) is 0 Å². The predicted molar refractivity (Wildman–Crippen MR) is 79.4 cm³/mol. The summed E-state index contributed by atoms with van der Waals surface area (Å²) in [5.74, 6) is 5.06. The minimum absolute atomic E-state index is 0.0335. The quantitative estimate of drug-likeness (QED) is 0.844. The molecule has 0 unspecified atom stereocenters. The Morgan fingerprint density at radius 1 is 1.38 bits per heavy atom. The summed E-state index contributed by atoms with van der Waals surface area (Å²) < 4.78 is 17.2. The third kappa shape index (κ3) is 5.49. The van der Waals surface area contributed by atoms with Gasteiger partial charge in [-0.25, -0.2) is 0 Å². The van der Waals surface area contributed by atoms with E-state index in [1.165, 1.54) is 0 Å². The molecule has 1 fully saturated rings. The number of aliphatic hydroxyl groups is 1. The fourth-order valence-electron chi connectivity index (χ4n) is 2.22. The molecule has 0 aliphatic carbocycles. The van der Waals surface area contributed by atoms with Gasteiger partial charge in [-0.2, -0.15) is 0 Å². The van der Waals surface area contributed by atoms with Crippen molar-refractivity contribution < 1.29 is 19.3 Å². The molecule has 1 saturated heterocycles. The topological polar surface area (TPSA) is 47.9 Å². The van der Waals surface area contributed by atoms with E-state index in [1.807, 2.05) is 44.2 Å². The second kappa shape index (κ2) is 7.58. The molecule has 2 atom stereocenters. The van der Waals surface area contributed by atoms with E-state index in [0.717, 1.165) is 5.56 Å². The van der Waals surface area contributed by atoms with Crippen molar-refractivity contribution in [1.29, 1.82) is 0 Å². The Hall–Kier alpha value is -1.38. The van der Waals surface area contributed by atoms with E-state index >= 15 is 0 Å². The Morgan fingerprint density at radius 2 is 2.14 bits per heavy atom. The molecule has 1 aromatic rings. The van der Waals surface area contributed by atoms with Gasteiger partial charge >= 0.3 is 0 Å². The zero-order chi connectivity index (χ0) is 15.1. The zero-order valence-corrected chi connectivity index (χ0v) is 12.5. The first-order valence-corrected chi connectivity index (χ1v) is 7.15. The van der Waals surface area contributed by atoms with Crippen molar-refractivity contribution in [2.75, 3.05) is 13.2 Å². The van der Waals surface area contributed by atoms with Crippen molar-refractivity contribution in [3.8, 4) is 11.8 Å². The number of ether oxygens (including phenoxy) is 3. The molecule has 1 heterocycles. The van der Waals surface area contributed by atoms with E-state index < -0.39 is 5.79 Å². The smallest absolute Gasteiger partial charge is 0.163 e. The normalized spacial score (nSPS) is 21.6. The van der Waals surface area contributed by atoms with Crippen LogP contribution in [0.3, 0.4) is 0 Å². The van der Waals surface area contributed by atoms with Gasteiger partial charge in [0, 0.05) is 6.42 Å². The molecule has 1 N–H and O–H groups in total. The third-order valence-corrected chi connectivity index (χ3v) is 3.18. The molecule has 1 aromatic carbocycles. The van der Waals surface area contributed by atoms with Crippen molar-refractivity contribution in [2.45, 2.75) is 44.9 Å². The summed E-state index contributed by atoms with van der Waals surface area (Å²) in [4.78, 5) is 0. The highest BCUT2D eigenvalue weighted by Gasteiger charge is 2.33. The van der Waals surface area contributed by atoms with Gasteiger partial charge in [0.2, 0.25) is 0 Å². The second-order valence-corrected chi connectivity index (χ2v) is 5.45. The van der Waals surface area contributed by atoms with Gasteiger partial charge in [0.25, 0.3) is 0 Å². The molecule has 1 aliphatic rings. The molecule has 0 aromatic heterocycles. The Kier molecular flexibility index (Phi) is 5.77. The van der Waals surface area contributed by atoms with Crippen LogP contribution in [0.25, 0.3) is 0 Å². The van der Waals surface area contributed by atoms with Gasteiger partial charge in [-0.15, -0.1) is 0 Å². The van der Waals surface area contributed by atoms with E-state index in [-0.39, 0.29) is 18.8 Å². The number of rotatable bonds is 5. The molecule has 0 amide bonds. The van der Waals surface area contributed by atoms with Crippen LogP contribution < -0.4 is 0 Å². The maximum absolute atomic E-state index is 8.86. The first-order valence-electron chi connectivity index (χ1n) is 7.15. The summed E-state index contributed by atoms with van der Waals surface area (Å²) in [5, 5.41) is 8.86. The summed E-state index contributed by atoms with van der Waals surface area (Å²) in [6.45, 7) is 4.65. The van der Waals surface area contributed by atoms with E-state index in [0.29, 0.717) is 19.6 Å². The average molecular weight is 290 g/mol. The van der Waals surface area contributed by atoms with Crippen LogP contribution in [0.4, 0.5) is 0 Å². The van der Waals surface area contributed by atoms with Crippen LogP contribution >= 0.6 is 0 Å². The van der Waals surface area contributed by atoms with Crippen LogP contribution in [0.15, 0.2) is 30.3 Å². The SMILES string of the molecule is CC1(C)OC[C@H](C[C@@H](C#CCO)OCc2ccccc2)O1. The van der Waals surface area contributed by atoms with E-state index in [4.69, 9.17) is 19.3 Å². The molecule has 2 rings (SSSR count). The van der Waals surface area contributed by atoms with Crippen molar-refractivity contribution in [1.82, 2.24) is 0 Å². The molecule has 1 aliphatic heterocycles. The van der Waals surface area contributed by atoms with Gasteiger partial charge in [0.1, 0.15) is 12.7 Å². The largest absolute Gasteiger partial charge is 0.384 e. The maximum atomic E-state index is 8.86. The number of aliphatic hydroxyl groups excluding tert-OH is 1. The van der Waals surface area contributed by atoms with Crippen molar-refractivity contribution in [3.63, 3.8) is 0 Å². The van der Waals surface area contributed by atoms with Gasteiger partial charge in [-0.3, -0.25) is 0 Å². The monoisotopic (exact) mass is 290 g/mol. The Balaban J connectivity index is 1.89. The lowest BCUT2D eigenvalue weighted by atomic mass is 10.1. The predicted octanol–water partition coefficient (Wildman–Crippen LogP) is 2.11. The summed E-state index contributed by atoms with van der Waals surface area (Å²) in [7, 11) is 0. The summed E-state index contributed by atoms with van der Waals surface area (Å²) in [6, 6.07) is 9.94. The van der Waals surface area contributed by atoms with Crippen LogP contribution in [-0.2, 0) is 20.8 Å². The number of hydrogen-bond acceptors (Lipinski definition) is 4. The van der Waals surface area contributed by atoms with Crippen LogP contribution in [-0.4, -0.2) is 36.3 Å². The molecular formula is C17H22O4. The summed E-state index contributed by atoms with van der Waals surface area (Å²) >= 11 is 0. The van der Waals surface area contributed by atoms with E-state index in [9.17, 15) is 0 Å². The van der Waals surface area contributed by atoms with Crippen LogP contribution in [0.2, 0.25) is 0 Å². The summed E-state index contributed by atoms with van der Waals surface area (Å²) in [5.41, 5.74) is 1.09. The van der Waals surface area contributed by atoms with Gasteiger partial charge in [-0.1, -0.05) is 42.2 Å². The molecule has 21 heavy (non-hydrogen) atoms. The molecule has 4 heteroatoms. The van der Waals surface area contributed by atoms with E-state index in [1.54, 1.807) is 0 Å². The Morgan fingerprint density at radius 3 is 2.76 bits per heavy atom. The highest BCUT2D eigenvalue weighted by molar-refractivity contribution is 5.14. The molecule has 4 nitrogen and oxygen atoms in total. The molecule has 0 bridgehead atoms. The highest BCUT2D eigenvalue weighted by atomic mass is 16.7. The molecule has 0 saturated carbocycles. The first-order chi connectivity index (χ1) is 10.1. The standard InChI is InChI=1S/C17H22O4/c1-17(2)20-13-16(21-17)11-15(9-6-10-18)19-12-14-7-4-3-5-8-14/h3-5,7-8,15-16,18H,10-13H2,1-2H3/t15-,16+/m1/s1. The fraction of sp³-hybridized carbons (Fsp3) is 0.529. The molecule has 0 radical (unpaired) electrons. The van der Waals surface area contributed by atoms with Gasteiger partial charge < -0.3 is 19.3 Å². The minimum Gasteiger partial charge on any atom is -0.384 e. The lowest BCUT2D eigenvalue weighted by Gasteiger charge is -2.19. The van der Waals surface area contributed by atoms with Gasteiger partial charge in [-0.05, 0) is 19.4 Å². The minimum atomic E-state index is -0.543. The fourth-order valence-corrected chi connectivity index (χ4v) is 2.22. The highest BCUT2D eigenvalue weighted by Crippen LogP contribution is 2.25. The Bertz CT molecular complexity index is 487. The molecular weight excluding hydrogens is 268 g/mol.